The molecule has 7 nitrogen and oxygen atoms in total. The lowest BCUT2D eigenvalue weighted by molar-refractivity contribution is -0.121. The Labute approximate surface area is 143 Å². The number of aliphatic imine (C=N–C) groups is 1. The highest BCUT2D eigenvalue weighted by Crippen LogP contribution is 1.93. The molecule has 24 heavy (non-hydrogen) atoms. The second kappa shape index (κ2) is 13.1. The number of hydrogen-bond acceptors (Lipinski definition) is 4. The Morgan fingerprint density at radius 1 is 1.33 bits per heavy atom. The summed E-state index contributed by atoms with van der Waals surface area (Å²) in [5, 5.41) is 9.13. The van der Waals surface area contributed by atoms with Crippen LogP contribution in [0.5, 0.6) is 0 Å². The molecule has 0 aromatic carbocycles. The molecule has 1 aromatic rings. The topological polar surface area (TPSA) is 87.6 Å². The van der Waals surface area contributed by atoms with Gasteiger partial charge in [0.2, 0.25) is 5.91 Å². The van der Waals surface area contributed by atoms with Gasteiger partial charge in [-0.15, -0.1) is 6.58 Å². The van der Waals surface area contributed by atoms with Crippen molar-refractivity contribution in [2.24, 2.45) is 4.99 Å². The smallest absolute Gasteiger partial charge is 0.221 e. The van der Waals surface area contributed by atoms with Crippen LogP contribution in [0.4, 0.5) is 0 Å². The first-order valence-electron chi connectivity index (χ1n) is 8.05. The maximum atomic E-state index is 11.6. The SMILES string of the molecule is C=CCNC(=NCCC(=O)NCCOC)NCCc1ccccn1. The van der Waals surface area contributed by atoms with Gasteiger partial charge in [0.05, 0.1) is 13.2 Å². The molecule has 0 fully saturated rings. The van der Waals surface area contributed by atoms with Crippen molar-refractivity contribution in [1.29, 1.82) is 0 Å². The van der Waals surface area contributed by atoms with Gasteiger partial charge in [-0.25, -0.2) is 0 Å². The molecule has 0 aliphatic rings. The third-order valence-corrected chi connectivity index (χ3v) is 3.05. The van der Waals surface area contributed by atoms with Crippen LogP contribution in [0.25, 0.3) is 0 Å². The highest BCUT2D eigenvalue weighted by atomic mass is 16.5. The van der Waals surface area contributed by atoms with Crippen LogP contribution in [-0.2, 0) is 16.0 Å². The van der Waals surface area contributed by atoms with Gasteiger partial charge in [-0.05, 0) is 12.1 Å². The number of carbonyl (C=O) groups excluding carboxylic acids is 1. The van der Waals surface area contributed by atoms with Crippen molar-refractivity contribution in [1.82, 2.24) is 20.9 Å². The highest BCUT2D eigenvalue weighted by Gasteiger charge is 2.01. The molecule has 0 atom stereocenters. The molecule has 1 rings (SSSR count). The largest absolute Gasteiger partial charge is 0.383 e. The van der Waals surface area contributed by atoms with E-state index in [4.69, 9.17) is 4.74 Å². The standard InChI is InChI=1S/C17H27N5O2/c1-3-9-20-17(21-11-7-15-6-4-5-10-18-15)22-12-8-16(23)19-13-14-24-2/h3-6,10H,1,7-9,11-14H2,2H3,(H,19,23)(H2,20,21,22). The number of rotatable bonds is 11. The lowest BCUT2D eigenvalue weighted by atomic mass is 10.3. The van der Waals surface area contributed by atoms with Gasteiger partial charge in [-0.3, -0.25) is 14.8 Å². The Bertz CT molecular complexity index is 505. The Morgan fingerprint density at radius 3 is 2.92 bits per heavy atom. The molecule has 0 unspecified atom stereocenters. The minimum atomic E-state index is -0.0349. The molecule has 0 bridgehead atoms. The second-order valence-electron chi connectivity index (χ2n) is 4.99. The van der Waals surface area contributed by atoms with Crippen molar-refractivity contribution < 1.29 is 9.53 Å². The predicted octanol–water partition coefficient (Wildman–Crippen LogP) is 0.498. The van der Waals surface area contributed by atoms with Crippen LogP contribution in [0.15, 0.2) is 42.0 Å². The van der Waals surface area contributed by atoms with E-state index in [1.165, 1.54) is 0 Å². The summed E-state index contributed by atoms with van der Waals surface area (Å²) in [4.78, 5) is 20.3. The maximum absolute atomic E-state index is 11.6. The summed E-state index contributed by atoms with van der Waals surface area (Å²) in [6.07, 6.45) is 4.67. The molecule has 7 heteroatoms. The zero-order chi connectivity index (χ0) is 17.5. The summed E-state index contributed by atoms with van der Waals surface area (Å²) in [6, 6.07) is 5.85. The Balaban J connectivity index is 2.34. The number of carbonyl (C=O) groups is 1. The van der Waals surface area contributed by atoms with Gasteiger partial charge >= 0.3 is 0 Å². The quantitative estimate of drug-likeness (QED) is 0.238. The van der Waals surface area contributed by atoms with Crippen LogP contribution in [0.1, 0.15) is 12.1 Å². The van der Waals surface area contributed by atoms with E-state index < -0.39 is 0 Å². The van der Waals surface area contributed by atoms with Gasteiger partial charge in [0, 0.05) is 51.5 Å². The molecule has 0 aliphatic heterocycles. The Morgan fingerprint density at radius 2 is 2.21 bits per heavy atom. The predicted molar refractivity (Wildman–Crippen MR) is 95.9 cm³/mol. The zero-order valence-electron chi connectivity index (χ0n) is 14.3. The summed E-state index contributed by atoms with van der Waals surface area (Å²) in [7, 11) is 1.60. The van der Waals surface area contributed by atoms with Crippen LogP contribution in [0.2, 0.25) is 0 Å². The zero-order valence-corrected chi connectivity index (χ0v) is 14.3. The van der Waals surface area contributed by atoms with Gasteiger partial charge in [-0.1, -0.05) is 12.1 Å². The van der Waals surface area contributed by atoms with E-state index in [0.717, 1.165) is 12.1 Å². The number of pyridine rings is 1. The van der Waals surface area contributed by atoms with Crippen molar-refractivity contribution in [3.05, 3.63) is 42.7 Å². The van der Waals surface area contributed by atoms with E-state index in [9.17, 15) is 4.79 Å². The summed E-state index contributed by atoms with van der Waals surface area (Å²) >= 11 is 0. The summed E-state index contributed by atoms with van der Waals surface area (Å²) in [6.45, 7) is 6.43. The van der Waals surface area contributed by atoms with E-state index in [2.05, 4.69) is 32.5 Å². The first-order chi connectivity index (χ1) is 11.8. The number of nitrogens with one attached hydrogen (secondary N) is 3. The van der Waals surface area contributed by atoms with Crippen LogP contribution in [0, 0.1) is 0 Å². The van der Waals surface area contributed by atoms with Crippen molar-refractivity contribution in [3.63, 3.8) is 0 Å². The number of ether oxygens (including phenoxy) is 1. The Kier molecular flexibility index (Phi) is 10.7. The Hall–Kier alpha value is -2.41. The van der Waals surface area contributed by atoms with E-state index in [-0.39, 0.29) is 5.91 Å². The molecule has 0 aliphatic carbocycles. The van der Waals surface area contributed by atoms with Crippen molar-refractivity contribution in [3.8, 4) is 0 Å². The number of hydrogen-bond donors (Lipinski definition) is 3. The highest BCUT2D eigenvalue weighted by molar-refractivity contribution is 5.81. The molecule has 1 amide bonds. The molecule has 0 radical (unpaired) electrons. The molecule has 3 N–H and O–H groups in total. The van der Waals surface area contributed by atoms with Crippen molar-refractivity contribution in [2.45, 2.75) is 12.8 Å². The van der Waals surface area contributed by atoms with Gasteiger partial charge in [0.1, 0.15) is 0 Å². The minimum Gasteiger partial charge on any atom is -0.383 e. The summed E-state index contributed by atoms with van der Waals surface area (Å²) in [5.74, 6) is 0.628. The molecular formula is C17H27N5O2. The summed E-state index contributed by atoms with van der Waals surface area (Å²) < 4.78 is 4.88. The molecular weight excluding hydrogens is 306 g/mol. The third-order valence-electron chi connectivity index (χ3n) is 3.05. The first kappa shape index (κ1) is 19.6. The van der Waals surface area contributed by atoms with Crippen molar-refractivity contribution in [2.75, 3.05) is 39.9 Å². The van der Waals surface area contributed by atoms with E-state index in [1.807, 2.05) is 18.2 Å². The average molecular weight is 333 g/mol. The molecule has 0 spiro atoms. The average Bonchev–Trinajstić information content (AvgIpc) is 2.60. The van der Waals surface area contributed by atoms with Crippen LogP contribution < -0.4 is 16.0 Å². The lowest BCUT2D eigenvalue weighted by Crippen LogP contribution is -2.39. The molecule has 0 saturated heterocycles. The molecule has 1 aromatic heterocycles. The normalized spacial score (nSPS) is 11.0. The van der Waals surface area contributed by atoms with E-state index in [1.54, 1.807) is 19.4 Å². The van der Waals surface area contributed by atoms with Gasteiger partial charge < -0.3 is 20.7 Å². The molecule has 1 heterocycles. The van der Waals surface area contributed by atoms with Gasteiger partial charge in [0.25, 0.3) is 0 Å². The number of guanidine groups is 1. The second-order valence-corrected chi connectivity index (χ2v) is 4.99. The fraction of sp³-hybridized carbons (Fsp3) is 0.471. The molecule has 132 valence electrons. The lowest BCUT2D eigenvalue weighted by Gasteiger charge is -2.11. The fourth-order valence-electron chi connectivity index (χ4n) is 1.85. The first-order valence-corrected chi connectivity index (χ1v) is 8.05. The monoisotopic (exact) mass is 333 g/mol. The van der Waals surface area contributed by atoms with E-state index >= 15 is 0 Å². The van der Waals surface area contributed by atoms with Crippen LogP contribution in [-0.4, -0.2) is 56.7 Å². The fourth-order valence-corrected chi connectivity index (χ4v) is 1.85. The number of methoxy groups -OCH3 is 1. The number of nitrogens with zero attached hydrogens (tertiary/aromatic N) is 2. The van der Waals surface area contributed by atoms with Crippen LogP contribution >= 0.6 is 0 Å². The summed E-state index contributed by atoms with van der Waals surface area (Å²) in [5.41, 5.74) is 1.02. The van der Waals surface area contributed by atoms with E-state index in [0.29, 0.717) is 45.2 Å². The number of aromatic nitrogens is 1. The van der Waals surface area contributed by atoms with Gasteiger partial charge in [-0.2, -0.15) is 0 Å². The van der Waals surface area contributed by atoms with Crippen molar-refractivity contribution >= 4 is 11.9 Å². The number of amides is 1. The third kappa shape index (κ3) is 9.58. The van der Waals surface area contributed by atoms with Gasteiger partial charge in [0.15, 0.2) is 5.96 Å². The maximum Gasteiger partial charge on any atom is 0.221 e. The molecule has 0 saturated carbocycles. The van der Waals surface area contributed by atoms with Crippen LogP contribution in [0.3, 0.4) is 0 Å². The minimum absolute atomic E-state index is 0.0349.